The van der Waals surface area contributed by atoms with Crippen LogP contribution in [0.5, 0.6) is 0 Å². The summed E-state index contributed by atoms with van der Waals surface area (Å²) in [5, 5.41) is 1.34. The number of ketones is 2. The summed E-state index contributed by atoms with van der Waals surface area (Å²) in [6.45, 7) is 15.0. The zero-order valence-electron chi connectivity index (χ0n) is 29.1. The van der Waals surface area contributed by atoms with Crippen molar-refractivity contribution in [3.63, 3.8) is 0 Å². The Labute approximate surface area is 352 Å². The molecule has 50 heavy (non-hydrogen) atoms. The molecule has 0 saturated carbocycles. The first-order valence-corrected chi connectivity index (χ1v) is 23.4. The van der Waals surface area contributed by atoms with Gasteiger partial charge in [-0.25, -0.2) is 4.98 Å². The van der Waals surface area contributed by atoms with E-state index in [-0.39, 0.29) is 47.6 Å². The second-order valence-electron chi connectivity index (χ2n) is 13.9. The normalized spacial score (nSPS) is 18.5. The quantitative estimate of drug-likeness (QED) is 0.120. The standard InChI is InChI=1S/C18H23ClN2O2.C15H17ClN2O.C3H5ClO.I2.HI/c1-18(2,3)17(22)16(13-4-6-14(19)7-5-13)21-9-8-20(12-21)10-15-11-23-15;1-15(2,3)14(19)13(18-9-8-17-10-18)11-4-6-12(16)7-5-11;4-1-3-2-5-3;1-2;/h4-9,15-16H,10-12H2,1-3H3;4-10,13H,1-3H3;3H,1-2H2;;1H. The topological polar surface area (TPSA) is 83.5 Å². The monoisotopic (exact) mass is 1080 g/mol. The van der Waals surface area contributed by atoms with Gasteiger partial charge in [0.2, 0.25) is 0 Å². The lowest BCUT2D eigenvalue weighted by atomic mass is 9.83. The van der Waals surface area contributed by atoms with Crippen LogP contribution in [0, 0.1) is 10.8 Å². The molecule has 4 unspecified atom stereocenters. The van der Waals surface area contributed by atoms with Gasteiger partial charge in [-0.3, -0.25) is 9.59 Å². The van der Waals surface area contributed by atoms with Gasteiger partial charge in [0.1, 0.15) is 12.1 Å². The van der Waals surface area contributed by atoms with Gasteiger partial charge in [0, 0.05) is 89.4 Å². The fourth-order valence-electron chi connectivity index (χ4n) is 4.85. The van der Waals surface area contributed by atoms with Gasteiger partial charge in [-0.2, -0.15) is 0 Å². The molecule has 3 aliphatic heterocycles. The van der Waals surface area contributed by atoms with Crippen LogP contribution in [0.25, 0.3) is 0 Å². The number of carbonyl (C=O) groups is 2. The molecule has 6 rings (SSSR count). The molecule has 0 amide bonds. The van der Waals surface area contributed by atoms with Crippen molar-refractivity contribution in [2.24, 2.45) is 10.8 Å². The maximum atomic E-state index is 13.0. The zero-order valence-corrected chi connectivity index (χ0v) is 38.0. The first-order valence-electron chi connectivity index (χ1n) is 15.9. The first-order chi connectivity index (χ1) is 23.2. The highest BCUT2D eigenvalue weighted by Gasteiger charge is 2.37. The molecule has 0 N–H and O–H groups in total. The molecule has 2 saturated heterocycles. The smallest absolute Gasteiger partial charge is 0.165 e. The molecule has 4 atom stereocenters. The van der Waals surface area contributed by atoms with E-state index >= 15 is 0 Å². The predicted octanol–water partition coefficient (Wildman–Crippen LogP) is 10.2. The minimum absolute atomic E-state index is 0. The van der Waals surface area contributed by atoms with Gasteiger partial charge in [-0.1, -0.05) is 89.0 Å². The number of ether oxygens (including phenoxy) is 2. The minimum atomic E-state index is -0.422. The van der Waals surface area contributed by atoms with E-state index in [1.165, 1.54) is 0 Å². The van der Waals surface area contributed by atoms with Crippen LogP contribution >= 0.6 is 96.0 Å². The van der Waals surface area contributed by atoms with Crippen molar-refractivity contribution < 1.29 is 19.1 Å². The molecule has 0 aliphatic carbocycles. The number of nitrogens with zero attached hydrogens (tertiary/aromatic N) is 4. The van der Waals surface area contributed by atoms with Gasteiger partial charge in [-0.15, -0.1) is 35.6 Å². The number of benzene rings is 2. The van der Waals surface area contributed by atoms with Crippen LogP contribution in [0.2, 0.25) is 10.0 Å². The number of imidazole rings is 1. The molecular weight excluding hydrogens is 1040 g/mol. The highest BCUT2D eigenvalue weighted by molar-refractivity contribution is 15.0. The lowest BCUT2D eigenvalue weighted by Crippen LogP contribution is -2.39. The molecule has 3 aromatic rings. The number of epoxide rings is 2. The number of hydrogen-bond donors (Lipinski definition) is 0. The van der Waals surface area contributed by atoms with Crippen LogP contribution in [-0.4, -0.2) is 75.4 Å². The summed E-state index contributed by atoms with van der Waals surface area (Å²) >= 11 is 21.4. The third kappa shape index (κ3) is 14.6. The number of halogens is 6. The number of alkyl halides is 1. The van der Waals surface area contributed by atoms with Gasteiger partial charge in [0.25, 0.3) is 0 Å². The maximum Gasteiger partial charge on any atom is 0.165 e. The average molecular weight is 1090 g/mol. The Balaban J connectivity index is 0.000000290. The Morgan fingerprint density at radius 1 is 0.820 bits per heavy atom. The molecule has 14 heteroatoms. The highest BCUT2D eigenvalue weighted by Crippen LogP contribution is 2.34. The highest BCUT2D eigenvalue weighted by atomic mass is 128. The Kier molecular flexibility index (Phi) is 19.3. The molecule has 8 nitrogen and oxygen atoms in total. The number of rotatable bonds is 9. The average Bonchev–Trinajstić information content (AvgIpc) is 3.97. The Morgan fingerprint density at radius 3 is 1.66 bits per heavy atom. The van der Waals surface area contributed by atoms with E-state index in [4.69, 9.17) is 44.3 Å². The molecule has 4 heterocycles. The third-order valence-electron chi connectivity index (χ3n) is 7.73. The van der Waals surface area contributed by atoms with Crippen LogP contribution in [-0.2, 0) is 19.1 Å². The Morgan fingerprint density at radius 2 is 1.28 bits per heavy atom. The second-order valence-corrected chi connectivity index (χ2v) is 15.1. The van der Waals surface area contributed by atoms with Crippen LogP contribution in [0.1, 0.15) is 64.8 Å². The fourth-order valence-corrected chi connectivity index (χ4v) is 5.28. The van der Waals surface area contributed by atoms with Crippen LogP contribution in [0.15, 0.2) is 79.7 Å². The van der Waals surface area contributed by atoms with E-state index in [2.05, 4.69) is 52.0 Å². The van der Waals surface area contributed by atoms with Crippen molar-refractivity contribution >= 4 is 108 Å². The summed E-state index contributed by atoms with van der Waals surface area (Å²) in [4.78, 5) is 34.0. The van der Waals surface area contributed by atoms with Crippen LogP contribution in [0.4, 0.5) is 0 Å². The minimum Gasteiger partial charge on any atom is -0.372 e. The van der Waals surface area contributed by atoms with E-state index in [1.807, 2.05) is 101 Å². The molecule has 0 bridgehead atoms. The summed E-state index contributed by atoms with van der Waals surface area (Å²) < 4.78 is 11.8. The predicted molar refractivity (Wildman–Crippen MR) is 231 cm³/mol. The summed E-state index contributed by atoms with van der Waals surface area (Å²) in [5.74, 6) is 1.02. The van der Waals surface area contributed by atoms with E-state index in [9.17, 15) is 9.59 Å². The van der Waals surface area contributed by atoms with Crippen molar-refractivity contribution in [2.75, 3.05) is 32.3 Å². The van der Waals surface area contributed by atoms with Crippen molar-refractivity contribution in [2.45, 2.75) is 65.8 Å². The molecule has 3 aliphatic rings. The van der Waals surface area contributed by atoms with Crippen molar-refractivity contribution in [3.8, 4) is 0 Å². The third-order valence-corrected chi connectivity index (χ3v) is 8.58. The molecular formula is C36H46Cl3I3N4O4. The SMILES string of the molecule is CC(C)(C)C(=O)C(c1ccc(Cl)cc1)N1C=CN(CC2CO2)C1.CC(C)(C)C(=O)C(c1ccc(Cl)cc1)n1ccnc1.ClCC1CO1.I.II. The number of Topliss-reactive ketones (excluding diaryl/α,β-unsaturated/α-hetero) is 2. The van der Waals surface area contributed by atoms with E-state index in [0.717, 1.165) is 30.9 Å². The van der Waals surface area contributed by atoms with Crippen LogP contribution < -0.4 is 0 Å². The lowest BCUT2D eigenvalue weighted by Gasteiger charge is -2.33. The Hall–Kier alpha value is -0.690. The van der Waals surface area contributed by atoms with Gasteiger partial charge in [-0.05, 0) is 35.4 Å². The molecule has 2 fully saturated rings. The van der Waals surface area contributed by atoms with Crippen molar-refractivity contribution in [3.05, 3.63) is 101 Å². The summed E-state index contributed by atoms with van der Waals surface area (Å²) in [7, 11) is 0. The lowest BCUT2D eigenvalue weighted by molar-refractivity contribution is -0.131. The van der Waals surface area contributed by atoms with E-state index in [1.54, 1.807) is 24.7 Å². The summed E-state index contributed by atoms with van der Waals surface area (Å²) in [6, 6.07) is 14.3. The molecule has 276 valence electrons. The van der Waals surface area contributed by atoms with Crippen molar-refractivity contribution in [1.82, 2.24) is 19.4 Å². The number of aromatic nitrogens is 2. The van der Waals surface area contributed by atoms with Gasteiger partial charge >= 0.3 is 0 Å². The molecule has 0 spiro atoms. The van der Waals surface area contributed by atoms with Gasteiger partial charge in [0.05, 0.1) is 44.3 Å². The number of carbonyl (C=O) groups excluding carboxylic acids is 2. The molecule has 0 radical (unpaired) electrons. The number of hydrogen-bond acceptors (Lipinski definition) is 7. The van der Waals surface area contributed by atoms with Crippen molar-refractivity contribution in [1.29, 1.82) is 0 Å². The van der Waals surface area contributed by atoms with Gasteiger partial charge < -0.3 is 23.8 Å². The van der Waals surface area contributed by atoms with E-state index in [0.29, 0.717) is 34.8 Å². The van der Waals surface area contributed by atoms with E-state index < -0.39 is 10.8 Å². The zero-order chi connectivity index (χ0) is 36.4. The second kappa shape index (κ2) is 21.3. The Bertz CT molecular complexity index is 1490. The summed E-state index contributed by atoms with van der Waals surface area (Å²) in [6.07, 6.45) is 9.94. The molecule has 1 aromatic heterocycles. The maximum absolute atomic E-state index is 13.0. The largest absolute Gasteiger partial charge is 0.372 e. The first kappa shape index (κ1) is 45.5. The fraction of sp³-hybridized carbons (Fsp3) is 0.472. The summed E-state index contributed by atoms with van der Waals surface area (Å²) in [5.41, 5.74) is 1.06. The molecule has 2 aromatic carbocycles. The van der Waals surface area contributed by atoms with Gasteiger partial charge in [0.15, 0.2) is 11.6 Å². The van der Waals surface area contributed by atoms with Crippen LogP contribution in [0.3, 0.4) is 0 Å².